The number of phenols is 2. The highest BCUT2D eigenvalue weighted by Gasteiger charge is 2.31. The summed E-state index contributed by atoms with van der Waals surface area (Å²) in [6.45, 7) is 3.00. The zero-order valence-electron chi connectivity index (χ0n) is 21.3. The third-order valence-electron chi connectivity index (χ3n) is 6.46. The van der Waals surface area contributed by atoms with Crippen molar-refractivity contribution in [2.75, 3.05) is 27.3 Å². The molecule has 6 nitrogen and oxygen atoms in total. The summed E-state index contributed by atoms with van der Waals surface area (Å²) in [6, 6.07) is 30.3. The van der Waals surface area contributed by atoms with E-state index in [9.17, 15) is 10.2 Å². The molecule has 3 N–H and O–H groups in total. The van der Waals surface area contributed by atoms with E-state index in [1.165, 1.54) is 0 Å². The number of hydrogen-bond donors (Lipinski definition) is 3. The Balaban J connectivity index is 1.64. The van der Waals surface area contributed by atoms with E-state index < -0.39 is 5.54 Å². The molecule has 0 radical (unpaired) electrons. The van der Waals surface area contributed by atoms with Gasteiger partial charge in [-0.1, -0.05) is 60.7 Å². The third kappa shape index (κ3) is 5.76. The van der Waals surface area contributed by atoms with Crippen LogP contribution in [0, 0.1) is 0 Å². The second kappa shape index (κ2) is 11.6. The summed E-state index contributed by atoms with van der Waals surface area (Å²) < 4.78 is 10.5. The highest BCUT2D eigenvalue weighted by molar-refractivity contribution is 6.14. The molecule has 0 heterocycles. The second-order valence-corrected chi connectivity index (χ2v) is 8.78. The lowest BCUT2D eigenvalue weighted by atomic mass is 9.84. The zero-order chi connectivity index (χ0) is 26.3. The van der Waals surface area contributed by atoms with E-state index >= 15 is 0 Å². The molecule has 6 heteroatoms. The number of nitrogens with zero attached hydrogens (tertiary/aromatic N) is 1. The number of phenolic OH excluding ortho intramolecular Hbond substituents is 2. The highest BCUT2D eigenvalue weighted by Crippen LogP contribution is 2.37. The molecule has 0 bridgehead atoms. The molecule has 0 aliphatic rings. The Morgan fingerprint density at radius 2 is 1.38 bits per heavy atom. The van der Waals surface area contributed by atoms with Crippen LogP contribution in [0.1, 0.15) is 29.2 Å². The van der Waals surface area contributed by atoms with Crippen LogP contribution in [0.4, 0.5) is 0 Å². The Morgan fingerprint density at radius 1 is 0.784 bits per heavy atom. The molecule has 4 rings (SSSR count). The molecule has 0 aliphatic heterocycles. The van der Waals surface area contributed by atoms with E-state index in [0.29, 0.717) is 35.9 Å². The maximum atomic E-state index is 10.8. The lowest BCUT2D eigenvalue weighted by Gasteiger charge is -2.33. The smallest absolute Gasteiger partial charge is 0.128 e. The lowest BCUT2D eigenvalue weighted by Crippen LogP contribution is -2.42. The van der Waals surface area contributed by atoms with Crippen LogP contribution >= 0.6 is 0 Å². The topological polar surface area (TPSA) is 83.3 Å². The second-order valence-electron chi connectivity index (χ2n) is 8.78. The van der Waals surface area contributed by atoms with Crippen molar-refractivity contribution in [3.8, 4) is 23.0 Å². The Hall–Kier alpha value is -4.29. The summed E-state index contributed by atoms with van der Waals surface area (Å²) in [5.74, 6) is 1.42. The van der Waals surface area contributed by atoms with E-state index in [1.807, 2.05) is 91.9 Å². The molecule has 0 fully saturated rings. The fourth-order valence-electron chi connectivity index (χ4n) is 4.43. The first-order valence-corrected chi connectivity index (χ1v) is 12.1. The molecule has 0 unspecified atom stereocenters. The Morgan fingerprint density at radius 3 is 1.97 bits per heavy atom. The molecule has 1 atom stereocenters. The van der Waals surface area contributed by atoms with Crippen LogP contribution in [-0.2, 0) is 5.54 Å². The lowest BCUT2D eigenvalue weighted by molar-refractivity contribution is 0.389. The van der Waals surface area contributed by atoms with E-state index in [-0.39, 0.29) is 11.5 Å². The zero-order valence-corrected chi connectivity index (χ0v) is 21.3. The van der Waals surface area contributed by atoms with E-state index in [2.05, 4.69) is 5.32 Å². The maximum Gasteiger partial charge on any atom is 0.128 e. The molecule has 0 aliphatic carbocycles. The van der Waals surface area contributed by atoms with Gasteiger partial charge in [-0.3, -0.25) is 4.99 Å². The standard InChI is InChI=1S/C31H32N2O4/c1-31(23-12-8-5-9-13-23,27-17-15-25(37-3)21-29(27)35)33-19-18-32-30(22-10-6-4-7-11-22)26-16-14-24(36-2)20-28(26)34/h4-17,20-21,33-35H,18-19H2,1-3H3/t31-/m1/s1. The van der Waals surface area contributed by atoms with Gasteiger partial charge in [0.25, 0.3) is 0 Å². The molecule has 0 amide bonds. The molecule has 0 spiro atoms. The predicted molar refractivity (Wildman–Crippen MR) is 147 cm³/mol. The summed E-state index contributed by atoms with van der Waals surface area (Å²) in [6.07, 6.45) is 0. The van der Waals surface area contributed by atoms with Crippen LogP contribution in [0.15, 0.2) is 102 Å². The summed E-state index contributed by atoms with van der Waals surface area (Å²) in [5.41, 5.74) is 3.29. The van der Waals surface area contributed by atoms with Crippen LogP contribution in [0.2, 0.25) is 0 Å². The summed E-state index contributed by atoms with van der Waals surface area (Å²) in [7, 11) is 3.14. The van der Waals surface area contributed by atoms with Gasteiger partial charge < -0.3 is 25.0 Å². The van der Waals surface area contributed by atoms with Gasteiger partial charge in [0.05, 0.1) is 32.0 Å². The average Bonchev–Trinajstić information content (AvgIpc) is 2.94. The molecule has 190 valence electrons. The summed E-state index contributed by atoms with van der Waals surface area (Å²) in [5, 5.41) is 25.2. The van der Waals surface area contributed by atoms with E-state index in [4.69, 9.17) is 14.5 Å². The van der Waals surface area contributed by atoms with E-state index in [1.54, 1.807) is 26.4 Å². The molecule has 4 aromatic carbocycles. The monoisotopic (exact) mass is 496 g/mol. The van der Waals surface area contributed by atoms with Gasteiger partial charge in [-0.05, 0) is 36.8 Å². The summed E-state index contributed by atoms with van der Waals surface area (Å²) in [4.78, 5) is 4.89. The first-order chi connectivity index (χ1) is 18.0. The minimum absolute atomic E-state index is 0.104. The number of ether oxygens (including phenoxy) is 2. The van der Waals surface area contributed by atoms with Gasteiger partial charge in [0.2, 0.25) is 0 Å². The van der Waals surface area contributed by atoms with E-state index in [0.717, 1.165) is 16.7 Å². The Labute approximate surface area is 217 Å². The quantitative estimate of drug-likeness (QED) is 0.199. The van der Waals surface area contributed by atoms with Crippen molar-refractivity contribution < 1.29 is 19.7 Å². The van der Waals surface area contributed by atoms with Gasteiger partial charge >= 0.3 is 0 Å². The van der Waals surface area contributed by atoms with Crippen molar-refractivity contribution >= 4 is 5.71 Å². The number of nitrogens with one attached hydrogen (secondary N) is 1. The molecular weight excluding hydrogens is 464 g/mol. The van der Waals surface area contributed by atoms with Gasteiger partial charge in [0, 0.05) is 35.4 Å². The van der Waals surface area contributed by atoms with Crippen LogP contribution in [0.5, 0.6) is 23.0 Å². The van der Waals surface area contributed by atoms with Gasteiger partial charge in [-0.2, -0.15) is 0 Å². The number of aromatic hydroxyl groups is 2. The van der Waals surface area contributed by atoms with Gasteiger partial charge in [-0.25, -0.2) is 0 Å². The van der Waals surface area contributed by atoms with Crippen molar-refractivity contribution in [3.63, 3.8) is 0 Å². The number of benzene rings is 4. The number of rotatable bonds is 10. The fourth-order valence-corrected chi connectivity index (χ4v) is 4.43. The molecular formula is C31H32N2O4. The third-order valence-corrected chi connectivity index (χ3v) is 6.46. The van der Waals surface area contributed by atoms with Gasteiger partial charge in [-0.15, -0.1) is 0 Å². The molecule has 0 aromatic heterocycles. The first kappa shape index (κ1) is 25.8. The van der Waals surface area contributed by atoms with Crippen molar-refractivity contribution in [2.45, 2.75) is 12.5 Å². The minimum Gasteiger partial charge on any atom is -0.507 e. The number of aliphatic imine (C=N–C) groups is 1. The molecule has 0 saturated carbocycles. The van der Waals surface area contributed by atoms with Gasteiger partial charge in [0.15, 0.2) is 0 Å². The normalized spacial score (nSPS) is 13.1. The van der Waals surface area contributed by atoms with Gasteiger partial charge in [0.1, 0.15) is 23.0 Å². The maximum absolute atomic E-state index is 10.8. The SMILES string of the molecule is COc1ccc(C(=NCCN[C@](C)(c2ccccc2)c2ccc(OC)cc2O)c2ccccc2)c(O)c1. The van der Waals surface area contributed by atoms with Crippen LogP contribution in [-0.4, -0.2) is 43.2 Å². The molecule has 0 saturated heterocycles. The minimum atomic E-state index is -0.678. The molecule has 37 heavy (non-hydrogen) atoms. The highest BCUT2D eigenvalue weighted by atomic mass is 16.5. The summed E-state index contributed by atoms with van der Waals surface area (Å²) >= 11 is 0. The van der Waals surface area contributed by atoms with Crippen molar-refractivity contribution in [2.24, 2.45) is 4.99 Å². The van der Waals surface area contributed by atoms with Crippen molar-refractivity contribution in [1.29, 1.82) is 0 Å². The largest absolute Gasteiger partial charge is 0.507 e. The first-order valence-electron chi connectivity index (χ1n) is 12.1. The number of hydrogen-bond acceptors (Lipinski definition) is 6. The number of methoxy groups -OCH3 is 2. The fraction of sp³-hybridized carbons (Fsp3) is 0.194. The van der Waals surface area contributed by atoms with Crippen LogP contribution < -0.4 is 14.8 Å². The Kier molecular flexibility index (Phi) is 8.11. The van der Waals surface area contributed by atoms with Crippen molar-refractivity contribution in [1.82, 2.24) is 5.32 Å². The predicted octanol–water partition coefficient (Wildman–Crippen LogP) is 5.51. The van der Waals surface area contributed by atoms with Crippen LogP contribution in [0.3, 0.4) is 0 Å². The van der Waals surface area contributed by atoms with Crippen molar-refractivity contribution in [3.05, 3.63) is 119 Å². The average molecular weight is 497 g/mol. The molecule has 4 aromatic rings. The van der Waals surface area contributed by atoms with Crippen LogP contribution in [0.25, 0.3) is 0 Å². The Bertz CT molecular complexity index is 1360.